The highest BCUT2D eigenvalue weighted by atomic mass is 79.9. The van der Waals surface area contributed by atoms with Crippen molar-refractivity contribution in [3.63, 3.8) is 0 Å². The summed E-state index contributed by atoms with van der Waals surface area (Å²) in [6.45, 7) is 9.84. The monoisotopic (exact) mass is 342 g/mol. The van der Waals surface area contributed by atoms with Crippen LogP contribution in [0.2, 0.25) is 0 Å². The summed E-state index contributed by atoms with van der Waals surface area (Å²) >= 11 is 3.75. The van der Waals surface area contributed by atoms with Gasteiger partial charge in [-0.3, -0.25) is 9.58 Å². The molecule has 1 aromatic heterocycles. The Labute approximate surface area is 131 Å². The lowest BCUT2D eigenvalue weighted by Crippen LogP contribution is -2.39. The van der Waals surface area contributed by atoms with Crippen LogP contribution in [0.4, 0.5) is 0 Å². The van der Waals surface area contributed by atoms with Crippen LogP contribution in [0.15, 0.2) is 4.47 Å². The Kier molecular flexibility index (Phi) is 6.05. The highest BCUT2D eigenvalue weighted by molar-refractivity contribution is 9.10. The normalized spacial score (nSPS) is 20.5. The van der Waals surface area contributed by atoms with Gasteiger partial charge in [-0.25, -0.2) is 0 Å². The average molecular weight is 343 g/mol. The van der Waals surface area contributed by atoms with Crippen LogP contribution in [0.1, 0.15) is 38.1 Å². The van der Waals surface area contributed by atoms with Crippen molar-refractivity contribution in [3.05, 3.63) is 15.9 Å². The third-order valence-corrected chi connectivity index (χ3v) is 5.08. The summed E-state index contributed by atoms with van der Waals surface area (Å²) in [6.07, 6.45) is 3.65. The minimum Gasteiger partial charge on any atom is -0.319 e. The zero-order valence-electron chi connectivity index (χ0n) is 13.0. The molecule has 1 saturated heterocycles. The van der Waals surface area contributed by atoms with E-state index in [1.165, 1.54) is 41.8 Å². The number of halogens is 1. The Morgan fingerprint density at radius 3 is 2.85 bits per heavy atom. The van der Waals surface area contributed by atoms with Gasteiger partial charge in [0.15, 0.2) is 0 Å². The zero-order valence-corrected chi connectivity index (χ0v) is 14.5. The van der Waals surface area contributed by atoms with E-state index in [0.29, 0.717) is 0 Å². The van der Waals surface area contributed by atoms with Crippen molar-refractivity contribution >= 4 is 15.9 Å². The number of hydrogen-bond donors (Lipinski definition) is 1. The van der Waals surface area contributed by atoms with Crippen LogP contribution in [0, 0.1) is 5.92 Å². The second-order valence-electron chi connectivity index (χ2n) is 5.68. The van der Waals surface area contributed by atoms with Crippen LogP contribution in [-0.2, 0) is 19.5 Å². The Hall–Kier alpha value is -0.390. The van der Waals surface area contributed by atoms with Crippen molar-refractivity contribution < 1.29 is 0 Å². The van der Waals surface area contributed by atoms with Crippen molar-refractivity contribution in [1.29, 1.82) is 0 Å². The van der Waals surface area contributed by atoms with E-state index in [4.69, 9.17) is 5.10 Å². The van der Waals surface area contributed by atoms with E-state index >= 15 is 0 Å². The second-order valence-corrected chi connectivity index (χ2v) is 6.47. The number of aryl methyl sites for hydroxylation is 2. The van der Waals surface area contributed by atoms with Gasteiger partial charge in [-0.05, 0) is 68.2 Å². The maximum Gasteiger partial charge on any atom is 0.0767 e. The average Bonchev–Trinajstić information content (AvgIpc) is 2.76. The summed E-state index contributed by atoms with van der Waals surface area (Å²) in [5.41, 5.74) is 2.53. The first-order valence-corrected chi connectivity index (χ1v) is 8.59. The molecule has 1 aromatic rings. The quantitative estimate of drug-likeness (QED) is 0.862. The van der Waals surface area contributed by atoms with Crippen molar-refractivity contribution in [1.82, 2.24) is 20.0 Å². The Balaban J connectivity index is 2.07. The smallest absolute Gasteiger partial charge is 0.0767 e. The Bertz CT molecular complexity index is 428. The second kappa shape index (κ2) is 7.57. The van der Waals surface area contributed by atoms with Crippen molar-refractivity contribution in [2.75, 3.05) is 26.7 Å². The fraction of sp³-hybridized carbons (Fsp3) is 0.800. The minimum absolute atomic E-state index is 0.788. The van der Waals surface area contributed by atoms with Crippen LogP contribution in [0.3, 0.4) is 0 Å². The lowest BCUT2D eigenvalue weighted by atomic mass is 9.98. The molecular weight excluding hydrogens is 316 g/mol. The highest BCUT2D eigenvalue weighted by Gasteiger charge is 2.22. The van der Waals surface area contributed by atoms with Gasteiger partial charge in [0.2, 0.25) is 0 Å². The third-order valence-electron chi connectivity index (χ3n) is 4.16. The van der Waals surface area contributed by atoms with E-state index in [1.807, 2.05) is 0 Å². The van der Waals surface area contributed by atoms with Gasteiger partial charge in [-0.2, -0.15) is 5.10 Å². The molecule has 2 rings (SSSR count). The number of nitrogens with one attached hydrogen (secondary N) is 1. The fourth-order valence-electron chi connectivity index (χ4n) is 3.13. The number of aromatic nitrogens is 2. The largest absolute Gasteiger partial charge is 0.319 e. The van der Waals surface area contributed by atoms with Gasteiger partial charge in [-0.15, -0.1) is 0 Å². The fourth-order valence-corrected chi connectivity index (χ4v) is 3.82. The van der Waals surface area contributed by atoms with E-state index in [-0.39, 0.29) is 0 Å². The molecule has 2 heterocycles. The van der Waals surface area contributed by atoms with Gasteiger partial charge in [0.1, 0.15) is 0 Å². The molecule has 0 bridgehead atoms. The third kappa shape index (κ3) is 3.62. The first-order chi connectivity index (χ1) is 9.69. The van der Waals surface area contributed by atoms with Crippen molar-refractivity contribution in [2.24, 2.45) is 5.92 Å². The summed E-state index contributed by atoms with van der Waals surface area (Å²) in [5, 5.41) is 8.01. The van der Waals surface area contributed by atoms with Gasteiger partial charge in [0, 0.05) is 19.6 Å². The summed E-state index contributed by atoms with van der Waals surface area (Å²) in [5.74, 6) is 0.788. The Morgan fingerprint density at radius 1 is 1.40 bits per heavy atom. The predicted molar refractivity (Wildman–Crippen MR) is 86.9 cm³/mol. The molecule has 1 atom stereocenters. The molecule has 0 aliphatic carbocycles. The molecule has 1 unspecified atom stereocenters. The van der Waals surface area contributed by atoms with E-state index in [2.05, 4.69) is 51.7 Å². The minimum atomic E-state index is 0.788. The van der Waals surface area contributed by atoms with E-state index in [1.54, 1.807) is 0 Å². The molecule has 114 valence electrons. The van der Waals surface area contributed by atoms with E-state index in [0.717, 1.165) is 32.0 Å². The summed E-state index contributed by atoms with van der Waals surface area (Å²) < 4.78 is 3.38. The molecular formula is C15H27BrN4. The first kappa shape index (κ1) is 16.0. The number of nitrogens with zero attached hydrogens (tertiary/aromatic N) is 3. The SMILES string of the molecule is CCc1nn(CC)c(CN2CCCC(CNC)C2)c1Br. The highest BCUT2D eigenvalue weighted by Crippen LogP contribution is 2.25. The zero-order chi connectivity index (χ0) is 14.5. The number of rotatable bonds is 6. The van der Waals surface area contributed by atoms with Crippen LogP contribution < -0.4 is 5.32 Å². The molecule has 0 radical (unpaired) electrons. The summed E-state index contributed by atoms with van der Waals surface area (Å²) in [7, 11) is 2.05. The van der Waals surface area contributed by atoms with Crippen LogP contribution in [-0.4, -0.2) is 41.4 Å². The van der Waals surface area contributed by atoms with E-state index < -0.39 is 0 Å². The molecule has 4 nitrogen and oxygen atoms in total. The van der Waals surface area contributed by atoms with E-state index in [9.17, 15) is 0 Å². The van der Waals surface area contributed by atoms with Crippen LogP contribution >= 0.6 is 15.9 Å². The molecule has 0 spiro atoms. The standard InChI is InChI=1S/C15H27BrN4/c1-4-13-15(16)14(20(5-2)18-13)11-19-8-6-7-12(10-19)9-17-3/h12,17H,4-11H2,1-3H3. The molecule has 0 amide bonds. The molecule has 0 aromatic carbocycles. The molecule has 1 aliphatic rings. The number of piperidine rings is 1. The van der Waals surface area contributed by atoms with Crippen LogP contribution in [0.5, 0.6) is 0 Å². The number of hydrogen-bond acceptors (Lipinski definition) is 3. The predicted octanol–water partition coefficient (Wildman–Crippen LogP) is 2.66. The lowest BCUT2D eigenvalue weighted by Gasteiger charge is -2.32. The number of likely N-dealkylation sites (tertiary alicyclic amines) is 1. The molecule has 1 aliphatic heterocycles. The molecule has 20 heavy (non-hydrogen) atoms. The molecule has 0 saturated carbocycles. The molecule has 5 heteroatoms. The summed E-state index contributed by atoms with van der Waals surface area (Å²) in [6, 6.07) is 0. The van der Waals surface area contributed by atoms with Gasteiger partial charge in [0.05, 0.1) is 15.9 Å². The molecule has 1 fully saturated rings. The van der Waals surface area contributed by atoms with Crippen molar-refractivity contribution in [3.8, 4) is 0 Å². The topological polar surface area (TPSA) is 33.1 Å². The maximum atomic E-state index is 4.70. The van der Waals surface area contributed by atoms with Crippen molar-refractivity contribution in [2.45, 2.75) is 46.2 Å². The van der Waals surface area contributed by atoms with Crippen LogP contribution in [0.25, 0.3) is 0 Å². The van der Waals surface area contributed by atoms with Gasteiger partial charge >= 0.3 is 0 Å². The van der Waals surface area contributed by atoms with Gasteiger partial charge < -0.3 is 5.32 Å². The van der Waals surface area contributed by atoms with Gasteiger partial charge in [-0.1, -0.05) is 6.92 Å². The Morgan fingerprint density at radius 2 is 2.20 bits per heavy atom. The van der Waals surface area contributed by atoms with Gasteiger partial charge in [0.25, 0.3) is 0 Å². The maximum absolute atomic E-state index is 4.70. The lowest BCUT2D eigenvalue weighted by molar-refractivity contribution is 0.162. The first-order valence-electron chi connectivity index (χ1n) is 7.80. The molecule has 1 N–H and O–H groups in total. The summed E-state index contributed by atoms with van der Waals surface area (Å²) in [4.78, 5) is 2.58.